The third-order valence-electron chi connectivity index (χ3n) is 4.07. The van der Waals surface area contributed by atoms with E-state index in [1.54, 1.807) is 11.3 Å². The molecule has 108 valence electrons. The highest BCUT2D eigenvalue weighted by molar-refractivity contribution is 7.09. The first-order valence-corrected chi connectivity index (χ1v) is 8.49. The van der Waals surface area contributed by atoms with Crippen molar-refractivity contribution in [3.63, 3.8) is 0 Å². The standard InChI is InChI=1S/C15H27N3S/c1-3-7-16-11-14-4-8-18(9-5-14)10-6-15-13(2)17-12-19-15/h12,14,16H,3-11H2,1-2H3. The highest BCUT2D eigenvalue weighted by Crippen LogP contribution is 2.18. The molecule has 1 aromatic rings. The van der Waals surface area contributed by atoms with Crippen molar-refractivity contribution in [1.29, 1.82) is 0 Å². The summed E-state index contributed by atoms with van der Waals surface area (Å²) in [6, 6.07) is 0. The summed E-state index contributed by atoms with van der Waals surface area (Å²) >= 11 is 1.80. The first-order chi connectivity index (χ1) is 9.29. The summed E-state index contributed by atoms with van der Waals surface area (Å²) in [5.74, 6) is 0.896. The van der Waals surface area contributed by atoms with Crippen molar-refractivity contribution >= 4 is 11.3 Å². The van der Waals surface area contributed by atoms with Gasteiger partial charge in [-0.3, -0.25) is 0 Å². The van der Waals surface area contributed by atoms with Crippen LogP contribution >= 0.6 is 11.3 Å². The van der Waals surface area contributed by atoms with Crippen LogP contribution in [0.2, 0.25) is 0 Å². The lowest BCUT2D eigenvalue weighted by Gasteiger charge is -2.32. The van der Waals surface area contributed by atoms with Crippen LogP contribution in [0.15, 0.2) is 5.51 Å². The molecule has 0 radical (unpaired) electrons. The molecule has 3 nitrogen and oxygen atoms in total. The Morgan fingerprint density at radius 2 is 2.21 bits per heavy atom. The van der Waals surface area contributed by atoms with Gasteiger partial charge in [-0.2, -0.15) is 0 Å². The third kappa shape index (κ3) is 4.86. The zero-order chi connectivity index (χ0) is 13.5. The molecule has 4 heteroatoms. The van der Waals surface area contributed by atoms with E-state index in [2.05, 4.69) is 29.0 Å². The van der Waals surface area contributed by atoms with E-state index in [1.807, 2.05) is 5.51 Å². The number of hydrogen-bond acceptors (Lipinski definition) is 4. The van der Waals surface area contributed by atoms with Crippen LogP contribution in [0.3, 0.4) is 0 Å². The first kappa shape index (κ1) is 14.9. The molecule has 1 fully saturated rings. The van der Waals surface area contributed by atoms with Crippen molar-refractivity contribution in [2.45, 2.75) is 39.5 Å². The Morgan fingerprint density at radius 1 is 1.42 bits per heavy atom. The van der Waals surface area contributed by atoms with Crippen LogP contribution in [0.25, 0.3) is 0 Å². The maximum Gasteiger partial charge on any atom is 0.0797 e. The average Bonchev–Trinajstić information content (AvgIpc) is 2.84. The molecular formula is C15H27N3S. The Hall–Kier alpha value is -0.450. The van der Waals surface area contributed by atoms with Gasteiger partial charge in [-0.05, 0) is 64.7 Å². The van der Waals surface area contributed by atoms with E-state index >= 15 is 0 Å². The highest BCUT2D eigenvalue weighted by atomic mass is 32.1. The predicted octanol–water partition coefficient (Wildman–Crippen LogP) is 2.71. The molecular weight excluding hydrogens is 254 g/mol. The lowest BCUT2D eigenvalue weighted by atomic mass is 9.96. The summed E-state index contributed by atoms with van der Waals surface area (Å²) in [5, 5.41) is 3.56. The van der Waals surface area contributed by atoms with Gasteiger partial charge in [0.1, 0.15) is 0 Å². The second kappa shape index (κ2) is 7.98. The van der Waals surface area contributed by atoms with Crippen molar-refractivity contribution in [2.75, 3.05) is 32.7 Å². The molecule has 0 aromatic carbocycles. The molecule has 0 aliphatic carbocycles. The van der Waals surface area contributed by atoms with Crippen LogP contribution in [-0.2, 0) is 6.42 Å². The SMILES string of the molecule is CCCNCC1CCN(CCc2scnc2C)CC1. The smallest absolute Gasteiger partial charge is 0.0797 e. The quantitative estimate of drug-likeness (QED) is 0.779. The molecule has 2 rings (SSSR count). The molecule has 2 heterocycles. The molecule has 0 bridgehead atoms. The van der Waals surface area contributed by atoms with E-state index < -0.39 is 0 Å². The molecule has 0 saturated carbocycles. The van der Waals surface area contributed by atoms with Gasteiger partial charge in [0.05, 0.1) is 11.2 Å². The summed E-state index contributed by atoms with van der Waals surface area (Å²) < 4.78 is 0. The van der Waals surface area contributed by atoms with E-state index in [-0.39, 0.29) is 0 Å². The van der Waals surface area contributed by atoms with Crippen LogP contribution in [0, 0.1) is 12.8 Å². The number of rotatable bonds is 7. The van der Waals surface area contributed by atoms with E-state index in [1.165, 1.54) is 69.0 Å². The van der Waals surface area contributed by atoms with Gasteiger partial charge in [0.25, 0.3) is 0 Å². The summed E-state index contributed by atoms with van der Waals surface area (Å²) in [7, 11) is 0. The Kier molecular flexibility index (Phi) is 6.28. The van der Waals surface area contributed by atoms with E-state index in [4.69, 9.17) is 0 Å². The van der Waals surface area contributed by atoms with Crippen LogP contribution < -0.4 is 5.32 Å². The van der Waals surface area contributed by atoms with Crippen molar-refractivity contribution in [2.24, 2.45) is 5.92 Å². The van der Waals surface area contributed by atoms with Gasteiger partial charge in [0.2, 0.25) is 0 Å². The van der Waals surface area contributed by atoms with Gasteiger partial charge >= 0.3 is 0 Å². The monoisotopic (exact) mass is 281 g/mol. The van der Waals surface area contributed by atoms with Gasteiger partial charge in [0, 0.05) is 11.4 Å². The van der Waals surface area contributed by atoms with Crippen LogP contribution in [0.5, 0.6) is 0 Å². The van der Waals surface area contributed by atoms with Crippen LogP contribution in [-0.4, -0.2) is 42.6 Å². The van der Waals surface area contributed by atoms with Crippen molar-refractivity contribution in [3.8, 4) is 0 Å². The van der Waals surface area contributed by atoms with Gasteiger partial charge < -0.3 is 10.2 Å². The minimum absolute atomic E-state index is 0.896. The maximum absolute atomic E-state index is 4.33. The van der Waals surface area contributed by atoms with E-state index in [9.17, 15) is 0 Å². The molecule has 19 heavy (non-hydrogen) atoms. The van der Waals surface area contributed by atoms with Gasteiger partial charge in [-0.1, -0.05) is 6.92 Å². The number of aryl methyl sites for hydroxylation is 1. The van der Waals surface area contributed by atoms with E-state index in [0.717, 1.165) is 5.92 Å². The molecule has 0 atom stereocenters. The number of hydrogen-bond donors (Lipinski definition) is 1. The van der Waals surface area contributed by atoms with Crippen molar-refractivity contribution in [1.82, 2.24) is 15.2 Å². The number of nitrogens with one attached hydrogen (secondary N) is 1. The molecule has 1 aliphatic heterocycles. The molecule has 1 aliphatic rings. The summed E-state index contributed by atoms with van der Waals surface area (Å²) in [6.45, 7) is 10.5. The highest BCUT2D eigenvalue weighted by Gasteiger charge is 2.18. The van der Waals surface area contributed by atoms with Crippen LogP contribution in [0.4, 0.5) is 0 Å². The Labute approximate surface area is 121 Å². The third-order valence-corrected chi connectivity index (χ3v) is 5.06. The molecule has 1 aromatic heterocycles. The Morgan fingerprint density at radius 3 is 2.84 bits per heavy atom. The number of nitrogens with zero attached hydrogens (tertiary/aromatic N) is 2. The number of piperidine rings is 1. The fourth-order valence-electron chi connectivity index (χ4n) is 2.72. The summed E-state index contributed by atoms with van der Waals surface area (Å²) in [6.07, 6.45) is 5.14. The second-order valence-electron chi connectivity index (χ2n) is 5.60. The predicted molar refractivity (Wildman–Crippen MR) is 82.9 cm³/mol. The molecule has 1 saturated heterocycles. The zero-order valence-electron chi connectivity index (χ0n) is 12.3. The average molecular weight is 281 g/mol. The maximum atomic E-state index is 4.33. The largest absolute Gasteiger partial charge is 0.316 e. The molecule has 1 N–H and O–H groups in total. The normalized spacial score (nSPS) is 18.0. The number of likely N-dealkylation sites (tertiary alicyclic amines) is 1. The number of aromatic nitrogens is 1. The summed E-state index contributed by atoms with van der Waals surface area (Å²) in [5.41, 5.74) is 3.19. The Balaban J connectivity index is 1.62. The van der Waals surface area contributed by atoms with E-state index in [0.29, 0.717) is 0 Å². The minimum Gasteiger partial charge on any atom is -0.316 e. The van der Waals surface area contributed by atoms with Gasteiger partial charge in [-0.15, -0.1) is 11.3 Å². The number of thiazole rings is 1. The fraction of sp³-hybridized carbons (Fsp3) is 0.800. The van der Waals surface area contributed by atoms with Gasteiger partial charge in [-0.25, -0.2) is 4.98 Å². The van der Waals surface area contributed by atoms with Crippen molar-refractivity contribution in [3.05, 3.63) is 16.1 Å². The molecule has 0 spiro atoms. The Bertz CT molecular complexity index is 356. The topological polar surface area (TPSA) is 28.2 Å². The van der Waals surface area contributed by atoms with Gasteiger partial charge in [0.15, 0.2) is 0 Å². The first-order valence-electron chi connectivity index (χ1n) is 7.61. The lowest BCUT2D eigenvalue weighted by Crippen LogP contribution is -2.38. The molecule has 0 unspecified atom stereocenters. The zero-order valence-corrected chi connectivity index (χ0v) is 13.1. The summed E-state index contributed by atoms with van der Waals surface area (Å²) in [4.78, 5) is 8.41. The van der Waals surface area contributed by atoms with Crippen molar-refractivity contribution < 1.29 is 0 Å². The lowest BCUT2D eigenvalue weighted by molar-refractivity contribution is 0.184. The fourth-order valence-corrected chi connectivity index (χ4v) is 3.49. The second-order valence-corrected chi connectivity index (χ2v) is 6.54. The minimum atomic E-state index is 0.896. The molecule has 0 amide bonds. The van der Waals surface area contributed by atoms with Crippen LogP contribution in [0.1, 0.15) is 36.8 Å².